The molecule has 2 aromatic carbocycles. The van der Waals surface area contributed by atoms with Crippen LogP contribution in [0.25, 0.3) is 11.1 Å². The van der Waals surface area contributed by atoms with Crippen LogP contribution in [0.4, 0.5) is 22.0 Å². The fourth-order valence-corrected chi connectivity index (χ4v) is 8.66. The first kappa shape index (κ1) is 41.7. The number of amides is 1. The molecule has 2 aliphatic rings. The predicted molar refractivity (Wildman–Crippen MR) is 202 cm³/mol. The Labute approximate surface area is 319 Å². The van der Waals surface area contributed by atoms with E-state index in [1.165, 1.54) is 13.0 Å². The summed E-state index contributed by atoms with van der Waals surface area (Å²) >= 11 is 0. The molecule has 5 rings (SSSR count). The van der Waals surface area contributed by atoms with E-state index in [-0.39, 0.29) is 29.0 Å². The third kappa shape index (κ3) is 9.31. The van der Waals surface area contributed by atoms with Gasteiger partial charge in [-0.25, -0.2) is 8.78 Å². The van der Waals surface area contributed by atoms with Crippen LogP contribution in [-0.4, -0.2) is 45.6 Å². The van der Waals surface area contributed by atoms with Gasteiger partial charge in [-0.1, -0.05) is 50.3 Å². The smallest absolute Gasteiger partial charge is 0.416 e. The molecule has 2 heterocycles. The number of carboxylic acids is 1. The molecular weight excluding hydrogens is 717 g/mol. The van der Waals surface area contributed by atoms with Crippen molar-refractivity contribution in [2.45, 2.75) is 123 Å². The van der Waals surface area contributed by atoms with Crippen molar-refractivity contribution in [3.05, 3.63) is 91.4 Å². The van der Waals surface area contributed by atoms with E-state index in [1.54, 1.807) is 27.7 Å². The number of carbonyl (C=O) groups excluding carboxylic acids is 1. The van der Waals surface area contributed by atoms with Gasteiger partial charge >= 0.3 is 12.1 Å². The molecule has 1 saturated carbocycles. The number of likely N-dealkylation sites (tertiary alicyclic amines) is 1. The summed E-state index contributed by atoms with van der Waals surface area (Å²) < 4.78 is 77.6. The van der Waals surface area contributed by atoms with Gasteiger partial charge in [-0.3, -0.25) is 14.4 Å². The number of halogens is 5. The number of nitrogens with zero attached hydrogens (tertiary/aromatic N) is 2. The van der Waals surface area contributed by atoms with Crippen molar-refractivity contribution in [2.75, 3.05) is 13.1 Å². The summed E-state index contributed by atoms with van der Waals surface area (Å²) in [6.07, 6.45) is 0.602. The van der Waals surface area contributed by atoms with E-state index < -0.39 is 70.8 Å². The molecular formula is C43H50F5N3O4. The first-order valence-electron chi connectivity index (χ1n) is 19.0. The van der Waals surface area contributed by atoms with Crippen molar-refractivity contribution in [1.29, 1.82) is 0 Å². The summed E-state index contributed by atoms with van der Waals surface area (Å²) in [5.41, 5.74) is -0.426. The van der Waals surface area contributed by atoms with E-state index in [4.69, 9.17) is 0 Å². The number of benzene rings is 2. The van der Waals surface area contributed by atoms with Crippen LogP contribution in [0.5, 0.6) is 0 Å². The summed E-state index contributed by atoms with van der Waals surface area (Å²) in [6, 6.07) is 2.68. The number of carboxylic acid groups (broad SMARTS) is 1. The Kier molecular flexibility index (Phi) is 13.0. The van der Waals surface area contributed by atoms with E-state index in [9.17, 15) is 32.7 Å². The molecule has 1 aromatic heterocycles. The lowest BCUT2D eigenvalue weighted by Gasteiger charge is -2.37. The Hall–Kier alpha value is -4.50. The highest BCUT2D eigenvalue weighted by molar-refractivity contribution is 5.82. The number of hydrogen-bond donors (Lipinski definition) is 2. The summed E-state index contributed by atoms with van der Waals surface area (Å²) in [6.45, 7) is 11.6. The zero-order chi connectivity index (χ0) is 40.4. The summed E-state index contributed by atoms with van der Waals surface area (Å²) in [7, 11) is 0. The summed E-state index contributed by atoms with van der Waals surface area (Å²) in [4.78, 5) is 42.5. The second-order valence-electron chi connectivity index (χ2n) is 15.6. The average molecular weight is 768 g/mol. The van der Waals surface area contributed by atoms with Crippen molar-refractivity contribution in [3.8, 4) is 23.0 Å². The normalized spacial score (nSPS) is 16.9. The van der Waals surface area contributed by atoms with Crippen molar-refractivity contribution >= 4 is 11.9 Å². The third-order valence-corrected chi connectivity index (χ3v) is 11.0. The number of rotatable bonds is 11. The van der Waals surface area contributed by atoms with Gasteiger partial charge in [-0.05, 0) is 113 Å². The molecule has 0 unspecified atom stereocenters. The van der Waals surface area contributed by atoms with Gasteiger partial charge in [0.1, 0.15) is 17.7 Å². The minimum Gasteiger partial charge on any atom is -0.481 e. The SMILES string of the molecule is CC#Cc1cc(-c2c(C)cc(C)cc2C)c(F)c([C@H](CC(=O)O)NC(=O)[C@@H](CC(C)C)n2cc(C3CCN(C4CCCC4)CC3)c(C(F)(F)F)cc2=O)c1F. The van der Waals surface area contributed by atoms with Crippen LogP contribution in [0, 0.1) is 50.2 Å². The summed E-state index contributed by atoms with van der Waals surface area (Å²) in [5, 5.41) is 12.5. The van der Waals surface area contributed by atoms with E-state index in [0.717, 1.165) is 42.0 Å². The Bertz CT molecular complexity index is 2020. The number of aryl methyl sites for hydroxylation is 3. The zero-order valence-electron chi connectivity index (χ0n) is 32.3. The van der Waals surface area contributed by atoms with Gasteiger partial charge in [-0.15, -0.1) is 5.92 Å². The molecule has 1 amide bonds. The minimum absolute atomic E-state index is 0.0320. The average Bonchev–Trinajstić information content (AvgIpc) is 3.63. The molecule has 12 heteroatoms. The zero-order valence-corrected chi connectivity index (χ0v) is 32.3. The first-order chi connectivity index (χ1) is 25.9. The molecule has 7 nitrogen and oxygen atoms in total. The van der Waals surface area contributed by atoms with Gasteiger partial charge in [-0.2, -0.15) is 13.2 Å². The fourth-order valence-electron chi connectivity index (χ4n) is 8.66. The molecule has 2 N–H and O–H groups in total. The van der Waals surface area contributed by atoms with Crippen LogP contribution in [0.1, 0.15) is 129 Å². The maximum atomic E-state index is 16.8. The number of piperidine rings is 1. The van der Waals surface area contributed by atoms with Crippen molar-refractivity contribution in [2.24, 2.45) is 5.92 Å². The molecule has 3 aromatic rings. The van der Waals surface area contributed by atoms with Crippen LogP contribution in [0.2, 0.25) is 0 Å². The number of carbonyl (C=O) groups is 2. The number of pyridine rings is 1. The molecule has 2 atom stereocenters. The fraction of sp³-hybridized carbons (Fsp3) is 0.512. The van der Waals surface area contributed by atoms with E-state index in [2.05, 4.69) is 22.1 Å². The highest BCUT2D eigenvalue weighted by atomic mass is 19.4. The number of aromatic nitrogens is 1. The predicted octanol–water partition coefficient (Wildman–Crippen LogP) is 9.15. The quantitative estimate of drug-likeness (QED) is 0.150. The molecule has 0 radical (unpaired) electrons. The Morgan fingerprint density at radius 1 is 0.964 bits per heavy atom. The van der Waals surface area contributed by atoms with Crippen LogP contribution in [-0.2, 0) is 15.8 Å². The lowest BCUT2D eigenvalue weighted by molar-refractivity contribution is -0.139. The van der Waals surface area contributed by atoms with Crippen molar-refractivity contribution in [1.82, 2.24) is 14.8 Å². The van der Waals surface area contributed by atoms with Gasteiger partial charge in [0.2, 0.25) is 5.91 Å². The molecule has 1 saturated heterocycles. The maximum Gasteiger partial charge on any atom is 0.416 e. The molecule has 1 aliphatic carbocycles. The topological polar surface area (TPSA) is 91.6 Å². The van der Waals surface area contributed by atoms with Gasteiger partial charge in [0, 0.05) is 29.4 Å². The minimum atomic E-state index is -4.83. The van der Waals surface area contributed by atoms with E-state index in [0.29, 0.717) is 54.7 Å². The Balaban J connectivity index is 1.59. The lowest BCUT2D eigenvalue weighted by atomic mass is 9.86. The van der Waals surface area contributed by atoms with Crippen LogP contribution in [0.3, 0.4) is 0 Å². The van der Waals surface area contributed by atoms with Gasteiger partial charge in [0.15, 0.2) is 0 Å². The van der Waals surface area contributed by atoms with E-state index >= 15 is 8.78 Å². The Morgan fingerprint density at radius 2 is 1.58 bits per heavy atom. The van der Waals surface area contributed by atoms with Gasteiger partial charge < -0.3 is 19.9 Å². The highest BCUT2D eigenvalue weighted by Gasteiger charge is 2.39. The summed E-state index contributed by atoms with van der Waals surface area (Å²) in [5.74, 6) is -0.229. The molecule has 296 valence electrons. The van der Waals surface area contributed by atoms with Gasteiger partial charge in [0.05, 0.1) is 23.6 Å². The number of hydrogen-bond acceptors (Lipinski definition) is 4. The third-order valence-electron chi connectivity index (χ3n) is 11.0. The maximum absolute atomic E-state index is 16.8. The van der Waals surface area contributed by atoms with Crippen LogP contribution >= 0.6 is 0 Å². The second-order valence-corrected chi connectivity index (χ2v) is 15.6. The lowest BCUT2D eigenvalue weighted by Crippen LogP contribution is -2.42. The van der Waals surface area contributed by atoms with Crippen molar-refractivity contribution < 1.29 is 36.6 Å². The largest absolute Gasteiger partial charge is 0.481 e. The van der Waals surface area contributed by atoms with Crippen LogP contribution < -0.4 is 10.9 Å². The number of nitrogens with one attached hydrogen (secondary N) is 1. The Morgan fingerprint density at radius 3 is 2.13 bits per heavy atom. The van der Waals surface area contributed by atoms with Crippen molar-refractivity contribution in [3.63, 3.8) is 0 Å². The first-order valence-corrected chi connectivity index (χ1v) is 19.0. The molecule has 55 heavy (non-hydrogen) atoms. The standard InChI is InChI=1S/C43H50F5N3O4/c1-7-10-29-20-31(38-26(5)18-25(4)19-27(38)6)41(45)39(40(29)44)34(22-37(53)54)49-42(55)35(17-24(2)3)51-23-32(33(21-36(51)52)43(46,47)48)28-13-15-50(16-14-28)30-11-8-9-12-30/h18-21,23-24,28,30,34-35H,8-9,11-17,22H2,1-6H3,(H,49,55)(H,53,54)/t34-,35+/m0/s1. The van der Waals surface area contributed by atoms with Crippen LogP contribution in [0.15, 0.2) is 35.3 Å². The highest BCUT2D eigenvalue weighted by Crippen LogP contribution is 2.41. The molecule has 1 aliphatic heterocycles. The van der Waals surface area contributed by atoms with E-state index in [1.807, 2.05) is 19.1 Å². The second kappa shape index (κ2) is 17.1. The molecule has 0 bridgehead atoms. The number of alkyl halides is 3. The number of aliphatic carboxylic acids is 1. The van der Waals surface area contributed by atoms with Gasteiger partial charge in [0.25, 0.3) is 5.56 Å². The molecule has 2 fully saturated rings. The monoisotopic (exact) mass is 767 g/mol. The molecule has 0 spiro atoms.